The maximum atomic E-state index is 6.20. The molecular formula is C21H18BrCl2NO2. The normalized spacial score (nSPS) is 10.5. The Kier molecular flexibility index (Phi) is 6.89. The molecular weight excluding hydrogens is 449 g/mol. The minimum absolute atomic E-state index is 0.353. The first-order chi connectivity index (χ1) is 13.1. The first kappa shape index (κ1) is 19.9. The van der Waals surface area contributed by atoms with E-state index in [4.69, 9.17) is 32.7 Å². The average molecular weight is 467 g/mol. The highest BCUT2D eigenvalue weighted by Gasteiger charge is 2.13. The van der Waals surface area contributed by atoms with Gasteiger partial charge in [0, 0.05) is 17.1 Å². The molecule has 140 valence electrons. The Bertz CT molecular complexity index is 934. The average Bonchev–Trinajstić information content (AvgIpc) is 2.67. The number of anilines is 1. The summed E-state index contributed by atoms with van der Waals surface area (Å²) in [6, 6.07) is 19.2. The molecule has 0 amide bonds. The highest BCUT2D eigenvalue weighted by molar-refractivity contribution is 9.10. The lowest BCUT2D eigenvalue weighted by Gasteiger charge is -2.16. The fourth-order valence-electron chi connectivity index (χ4n) is 2.58. The van der Waals surface area contributed by atoms with Gasteiger partial charge in [-0.25, -0.2) is 0 Å². The maximum absolute atomic E-state index is 6.20. The van der Waals surface area contributed by atoms with Gasteiger partial charge in [-0.05, 0) is 51.8 Å². The number of hydrogen-bond acceptors (Lipinski definition) is 3. The Morgan fingerprint density at radius 1 is 0.963 bits per heavy atom. The summed E-state index contributed by atoms with van der Waals surface area (Å²) < 4.78 is 12.3. The van der Waals surface area contributed by atoms with Gasteiger partial charge in [-0.3, -0.25) is 0 Å². The van der Waals surface area contributed by atoms with Gasteiger partial charge in [0.15, 0.2) is 11.5 Å². The van der Waals surface area contributed by atoms with E-state index in [1.165, 1.54) is 0 Å². The van der Waals surface area contributed by atoms with Crippen LogP contribution in [0.25, 0.3) is 0 Å². The van der Waals surface area contributed by atoms with Crippen molar-refractivity contribution in [2.45, 2.75) is 13.2 Å². The summed E-state index contributed by atoms with van der Waals surface area (Å²) in [6.45, 7) is 0.954. The van der Waals surface area contributed by atoms with Crippen LogP contribution >= 0.6 is 39.1 Å². The molecule has 0 fully saturated rings. The van der Waals surface area contributed by atoms with Crippen molar-refractivity contribution in [3.63, 3.8) is 0 Å². The van der Waals surface area contributed by atoms with Crippen LogP contribution in [-0.4, -0.2) is 7.11 Å². The van der Waals surface area contributed by atoms with E-state index in [0.29, 0.717) is 34.7 Å². The third-order valence-corrected chi connectivity index (χ3v) is 5.26. The fraction of sp³-hybridized carbons (Fsp3) is 0.143. The molecule has 0 spiro atoms. The summed E-state index contributed by atoms with van der Waals surface area (Å²) in [6.07, 6.45) is 0. The van der Waals surface area contributed by atoms with Crippen molar-refractivity contribution in [1.82, 2.24) is 0 Å². The number of halogens is 3. The standard InChI is InChI=1S/C21H18BrCl2NO2/c1-26-20-11-14(12-25-19-9-5-4-8-18(19)24)10-16(22)21(20)27-13-15-6-2-3-7-17(15)23/h2-11,25H,12-13H2,1H3. The monoisotopic (exact) mass is 465 g/mol. The summed E-state index contributed by atoms with van der Waals surface area (Å²) in [5.41, 5.74) is 2.83. The number of ether oxygens (including phenoxy) is 2. The van der Waals surface area contributed by atoms with E-state index >= 15 is 0 Å². The van der Waals surface area contributed by atoms with Gasteiger partial charge in [0.25, 0.3) is 0 Å². The van der Waals surface area contributed by atoms with Crippen molar-refractivity contribution in [3.05, 3.63) is 86.3 Å². The molecule has 3 aromatic rings. The van der Waals surface area contributed by atoms with Crippen molar-refractivity contribution in [1.29, 1.82) is 0 Å². The van der Waals surface area contributed by atoms with Gasteiger partial charge >= 0.3 is 0 Å². The smallest absolute Gasteiger partial charge is 0.175 e. The molecule has 0 aliphatic carbocycles. The van der Waals surface area contributed by atoms with Crippen LogP contribution in [0.1, 0.15) is 11.1 Å². The molecule has 0 saturated carbocycles. The van der Waals surface area contributed by atoms with Gasteiger partial charge in [-0.15, -0.1) is 0 Å². The largest absolute Gasteiger partial charge is 0.493 e. The van der Waals surface area contributed by atoms with Gasteiger partial charge in [0.05, 0.1) is 22.3 Å². The zero-order valence-electron chi connectivity index (χ0n) is 14.6. The predicted molar refractivity (Wildman–Crippen MR) is 115 cm³/mol. The predicted octanol–water partition coefficient (Wildman–Crippen LogP) is 6.96. The van der Waals surface area contributed by atoms with Crippen LogP contribution in [0.15, 0.2) is 65.1 Å². The Balaban J connectivity index is 1.75. The van der Waals surface area contributed by atoms with E-state index in [0.717, 1.165) is 21.3 Å². The van der Waals surface area contributed by atoms with Gasteiger partial charge in [0.2, 0.25) is 0 Å². The Hall–Kier alpha value is -1.88. The molecule has 0 aliphatic rings. The number of para-hydroxylation sites is 1. The Labute approximate surface area is 177 Å². The lowest BCUT2D eigenvalue weighted by Crippen LogP contribution is -2.03. The second-order valence-corrected chi connectivity index (χ2v) is 7.49. The van der Waals surface area contributed by atoms with E-state index in [-0.39, 0.29) is 0 Å². The Morgan fingerprint density at radius 3 is 2.37 bits per heavy atom. The molecule has 0 aliphatic heterocycles. The molecule has 0 aromatic heterocycles. The summed E-state index contributed by atoms with van der Waals surface area (Å²) in [5, 5.41) is 4.68. The van der Waals surface area contributed by atoms with Crippen LogP contribution in [-0.2, 0) is 13.2 Å². The molecule has 3 rings (SSSR count). The van der Waals surface area contributed by atoms with Crippen LogP contribution in [0.4, 0.5) is 5.69 Å². The molecule has 6 heteroatoms. The summed E-state index contributed by atoms with van der Waals surface area (Å²) in [4.78, 5) is 0. The summed E-state index contributed by atoms with van der Waals surface area (Å²) >= 11 is 16.0. The van der Waals surface area contributed by atoms with Crippen LogP contribution in [0.2, 0.25) is 10.0 Å². The van der Waals surface area contributed by atoms with Crippen molar-refractivity contribution >= 4 is 44.8 Å². The first-order valence-electron chi connectivity index (χ1n) is 8.29. The number of methoxy groups -OCH3 is 1. The third kappa shape index (κ3) is 5.10. The highest BCUT2D eigenvalue weighted by Crippen LogP contribution is 2.38. The first-order valence-corrected chi connectivity index (χ1v) is 9.84. The molecule has 27 heavy (non-hydrogen) atoms. The SMILES string of the molecule is COc1cc(CNc2ccccc2Cl)cc(Br)c1OCc1ccccc1Cl. The second kappa shape index (κ2) is 9.36. The van der Waals surface area contributed by atoms with E-state index < -0.39 is 0 Å². The lowest BCUT2D eigenvalue weighted by atomic mass is 10.2. The molecule has 0 unspecified atom stereocenters. The molecule has 0 atom stereocenters. The van der Waals surface area contributed by atoms with Crippen molar-refractivity contribution in [2.75, 3.05) is 12.4 Å². The molecule has 3 nitrogen and oxygen atoms in total. The van der Waals surface area contributed by atoms with Crippen LogP contribution < -0.4 is 14.8 Å². The topological polar surface area (TPSA) is 30.5 Å². The lowest BCUT2D eigenvalue weighted by molar-refractivity contribution is 0.282. The molecule has 0 saturated heterocycles. The van der Waals surface area contributed by atoms with Crippen LogP contribution in [0.5, 0.6) is 11.5 Å². The quantitative estimate of drug-likeness (QED) is 0.408. The minimum atomic E-state index is 0.353. The summed E-state index contributed by atoms with van der Waals surface area (Å²) in [5.74, 6) is 1.28. The van der Waals surface area contributed by atoms with Gasteiger partial charge in [-0.2, -0.15) is 0 Å². The number of benzene rings is 3. The van der Waals surface area contributed by atoms with E-state index in [1.807, 2.05) is 60.7 Å². The minimum Gasteiger partial charge on any atom is -0.493 e. The van der Waals surface area contributed by atoms with Gasteiger partial charge in [0.1, 0.15) is 6.61 Å². The zero-order valence-corrected chi connectivity index (χ0v) is 17.7. The van der Waals surface area contributed by atoms with Crippen LogP contribution in [0, 0.1) is 0 Å². The van der Waals surface area contributed by atoms with Crippen LogP contribution in [0.3, 0.4) is 0 Å². The fourth-order valence-corrected chi connectivity index (χ4v) is 3.58. The van der Waals surface area contributed by atoms with Crippen molar-refractivity contribution in [2.24, 2.45) is 0 Å². The molecule has 0 heterocycles. The number of hydrogen-bond donors (Lipinski definition) is 1. The summed E-state index contributed by atoms with van der Waals surface area (Å²) in [7, 11) is 1.62. The van der Waals surface area contributed by atoms with Gasteiger partial charge < -0.3 is 14.8 Å². The Morgan fingerprint density at radius 2 is 1.67 bits per heavy atom. The molecule has 1 N–H and O–H groups in total. The van der Waals surface area contributed by atoms with E-state index in [1.54, 1.807) is 7.11 Å². The molecule has 3 aromatic carbocycles. The highest BCUT2D eigenvalue weighted by atomic mass is 79.9. The van der Waals surface area contributed by atoms with Crippen molar-refractivity contribution in [3.8, 4) is 11.5 Å². The molecule has 0 radical (unpaired) electrons. The van der Waals surface area contributed by atoms with E-state index in [2.05, 4.69) is 21.2 Å². The number of nitrogens with one attached hydrogen (secondary N) is 1. The molecule has 0 bridgehead atoms. The third-order valence-electron chi connectivity index (χ3n) is 3.98. The van der Waals surface area contributed by atoms with E-state index in [9.17, 15) is 0 Å². The number of rotatable bonds is 7. The second-order valence-electron chi connectivity index (χ2n) is 5.82. The zero-order chi connectivity index (χ0) is 19.2. The maximum Gasteiger partial charge on any atom is 0.175 e. The van der Waals surface area contributed by atoms with Gasteiger partial charge in [-0.1, -0.05) is 53.5 Å². The van der Waals surface area contributed by atoms with Crippen molar-refractivity contribution < 1.29 is 9.47 Å².